The predicted molar refractivity (Wildman–Crippen MR) is 81.7 cm³/mol. The fraction of sp³-hybridized carbons (Fsp3) is 0.312. The highest BCUT2D eigenvalue weighted by molar-refractivity contribution is 6.14. The SMILES string of the molecule is COc1ccc(C(=O)N2CCOCC2)c(C(=O)c2ncc[nH]2)c1. The van der Waals surface area contributed by atoms with Crippen molar-refractivity contribution < 1.29 is 19.1 Å². The van der Waals surface area contributed by atoms with Crippen molar-refractivity contribution in [2.75, 3.05) is 33.4 Å². The molecule has 7 heteroatoms. The summed E-state index contributed by atoms with van der Waals surface area (Å²) in [4.78, 5) is 33.8. The lowest BCUT2D eigenvalue weighted by Crippen LogP contribution is -2.41. The van der Waals surface area contributed by atoms with Crippen LogP contribution in [0.4, 0.5) is 0 Å². The van der Waals surface area contributed by atoms with E-state index >= 15 is 0 Å². The number of nitrogens with one attached hydrogen (secondary N) is 1. The fourth-order valence-corrected chi connectivity index (χ4v) is 2.48. The molecule has 0 atom stereocenters. The van der Waals surface area contributed by atoms with Gasteiger partial charge in [-0.2, -0.15) is 0 Å². The summed E-state index contributed by atoms with van der Waals surface area (Å²) in [5.74, 6) is 0.170. The van der Waals surface area contributed by atoms with Crippen LogP contribution in [-0.2, 0) is 4.74 Å². The maximum atomic E-state index is 12.7. The van der Waals surface area contributed by atoms with Crippen LogP contribution < -0.4 is 4.74 Å². The number of aromatic amines is 1. The first-order chi connectivity index (χ1) is 11.2. The highest BCUT2D eigenvalue weighted by Gasteiger charge is 2.25. The highest BCUT2D eigenvalue weighted by atomic mass is 16.5. The molecule has 1 aromatic heterocycles. The van der Waals surface area contributed by atoms with Crippen LogP contribution in [-0.4, -0.2) is 60.0 Å². The number of benzene rings is 1. The number of rotatable bonds is 4. The van der Waals surface area contributed by atoms with Crippen molar-refractivity contribution in [2.45, 2.75) is 0 Å². The molecule has 0 bridgehead atoms. The Morgan fingerprint density at radius 3 is 2.70 bits per heavy atom. The Labute approximate surface area is 133 Å². The number of imidazole rings is 1. The van der Waals surface area contributed by atoms with Gasteiger partial charge in [0.15, 0.2) is 5.82 Å². The zero-order valence-corrected chi connectivity index (χ0v) is 12.7. The quantitative estimate of drug-likeness (QED) is 0.855. The lowest BCUT2D eigenvalue weighted by Gasteiger charge is -2.27. The Hall–Kier alpha value is -2.67. The van der Waals surface area contributed by atoms with Gasteiger partial charge in [0.1, 0.15) is 5.75 Å². The topological polar surface area (TPSA) is 84.5 Å². The van der Waals surface area contributed by atoms with Crippen LogP contribution in [0, 0.1) is 0 Å². The first-order valence-corrected chi connectivity index (χ1v) is 7.30. The standard InChI is InChI=1S/C16H17N3O4/c1-22-11-2-3-12(16(21)19-6-8-23-9-7-19)13(10-11)14(20)15-17-4-5-18-15/h2-5,10H,6-9H2,1H3,(H,17,18). The largest absolute Gasteiger partial charge is 0.497 e. The molecule has 1 fully saturated rings. The minimum Gasteiger partial charge on any atom is -0.497 e. The molecule has 120 valence electrons. The van der Waals surface area contributed by atoms with E-state index < -0.39 is 0 Å². The van der Waals surface area contributed by atoms with Gasteiger partial charge in [-0.1, -0.05) is 0 Å². The highest BCUT2D eigenvalue weighted by Crippen LogP contribution is 2.22. The van der Waals surface area contributed by atoms with Gasteiger partial charge in [0.2, 0.25) is 5.78 Å². The fourth-order valence-electron chi connectivity index (χ4n) is 2.48. The average Bonchev–Trinajstić information content (AvgIpc) is 3.15. The van der Waals surface area contributed by atoms with E-state index in [1.165, 1.54) is 13.3 Å². The van der Waals surface area contributed by atoms with Crippen LogP contribution in [0.5, 0.6) is 5.75 Å². The number of carbonyl (C=O) groups is 2. The number of amides is 1. The summed E-state index contributed by atoms with van der Waals surface area (Å²) >= 11 is 0. The van der Waals surface area contributed by atoms with E-state index in [2.05, 4.69) is 9.97 Å². The van der Waals surface area contributed by atoms with E-state index in [1.54, 1.807) is 29.3 Å². The molecule has 23 heavy (non-hydrogen) atoms. The Morgan fingerprint density at radius 2 is 2.04 bits per heavy atom. The normalized spacial score (nSPS) is 14.6. The third-order valence-electron chi connectivity index (χ3n) is 3.71. The zero-order valence-electron chi connectivity index (χ0n) is 12.7. The molecule has 0 saturated carbocycles. The number of ketones is 1. The van der Waals surface area contributed by atoms with Crippen molar-refractivity contribution in [1.82, 2.24) is 14.9 Å². The van der Waals surface area contributed by atoms with E-state index in [-0.39, 0.29) is 23.1 Å². The van der Waals surface area contributed by atoms with Crippen LogP contribution in [0.2, 0.25) is 0 Å². The molecule has 1 N–H and O–H groups in total. The lowest BCUT2D eigenvalue weighted by atomic mass is 10.0. The number of nitrogens with zero attached hydrogens (tertiary/aromatic N) is 2. The lowest BCUT2D eigenvalue weighted by molar-refractivity contribution is 0.0302. The molecule has 1 aliphatic rings. The molecule has 7 nitrogen and oxygen atoms in total. The van der Waals surface area contributed by atoms with Gasteiger partial charge in [-0.05, 0) is 18.2 Å². The third-order valence-corrected chi connectivity index (χ3v) is 3.71. The summed E-state index contributed by atoms with van der Waals surface area (Å²) in [5.41, 5.74) is 0.616. The van der Waals surface area contributed by atoms with Gasteiger partial charge in [0, 0.05) is 31.0 Å². The smallest absolute Gasteiger partial charge is 0.254 e. The molecule has 2 heterocycles. The average molecular weight is 315 g/mol. The van der Waals surface area contributed by atoms with Crippen molar-refractivity contribution in [3.63, 3.8) is 0 Å². The summed E-state index contributed by atoms with van der Waals surface area (Å²) in [6.07, 6.45) is 3.06. The second-order valence-electron chi connectivity index (χ2n) is 5.08. The summed E-state index contributed by atoms with van der Waals surface area (Å²) in [5, 5.41) is 0. The molecule has 0 unspecified atom stereocenters. The van der Waals surface area contributed by atoms with Gasteiger partial charge in [-0.25, -0.2) is 4.98 Å². The molecule has 3 rings (SSSR count). The minimum atomic E-state index is -0.342. The summed E-state index contributed by atoms with van der Waals surface area (Å²) in [6.45, 7) is 2.03. The van der Waals surface area contributed by atoms with Gasteiger partial charge < -0.3 is 19.4 Å². The molecule has 1 aliphatic heterocycles. The molecule has 1 amide bonds. The van der Waals surface area contributed by atoms with Gasteiger partial charge in [-0.15, -0.1) is 0 Å². The van der Waals surface area contributed by atoms with Crippen LogP contribution in [0.1, 0.15) is 26.5 Å². The van der Waals surface area contributed by atoms with E-state index in [0.717, 1.165) is 0 Å². The Kier molecular flexibility index (Phi) is 4.38. The first kappa shape index (κ1) is 15.2. The van der Waals surface area contributed by atoms with Crippen LogP contribution in [0.25, 0.3) is 0 Å². The molecular weight excluding hydrogens is 298 g/mol. The van der Waals surface area contributed by atoms with Gasteiger partial charge in [0.25, 0.3) is 5.91 Å². The Bertz CT molecular complexity index is 706. The Balaban J connectivity index is 1.98. The number of ether oxygens (including phenoxy) is 2. The van der Waals surface area contributed by atoms with Gasteiger partial charge >= 0.3 is 0 Å². The zero-order chi connectivity index (χ0) is 16.2. The van der Waals surface area contributed by atoms with E-state index in [4.69, 9.17) is 9.47 Å². The summed E-state index contributed by atoms with van der Waals surface area (Å²) in [6, 6.07) is 4.86. The van der Waals surface area contributed by atoms with Gasteiger partial charge in [-0.3, -0.25) is 9.59 Å². The number of hydrogen-bond donors (Lipinski definition) is 1. The molecule has 1 saturated heterocycles. The maximum Gasteiger partial charge on any atom is 0.254 e. The van der Waals surface area contributed by atoms with Crippen molar-refractivity contribution in [1.29, 1.82) is 0 Å². The monoisotopic (exact) mass is 315 g/mol. The summed E-state index contributed by atoms with van der Waals surface area (Å²) in [7, 11) is 1.51. The number of aromatic nitrogens is 2. The molecule has 0 aliphatic carbocycles. The third kappa shape index (κ3) is 3.09. The minimum absolute atomic E-state index is 0.189. The summed E-state index contributed by atoms with van der Waals surface area (Å²) < 4.78 is 10.4. The van der Waals surface area contributed by atoms with Crippen molar-refractivity contribution in [3.8, 4) is 5.75 Å². The van der Waals surface area contributed by atoms with Crippen molar-refractivity contribution in [3.05, 3.63) is 47.5 Å². The van der Waals surface area contributed by atoms with Crippen molar-refractivity contribution in [2.24, 2.45) is 0 Å². The van der Waals surface area contributed by atoms with E-state index in [1.807, 2.05) is 0 Å². The van der Waals surface area contributed by atoms with Crippen LogP contribution in [0.15, 0.2) is 30.6 Å². The van der Waals surface area contributed by atoms with E-state index in [0.29, 0.717) is 37.6 Å². The number of carbonyl (C=O) groups excluding carboxylic acids is 2. The number of morpholine rings is 1. The van der Waals surface area contributed by atoms with E-state index in [9.17, 15) is 9.59 Å². The first-order valence-electron chi connectivity index (χ1n) is 7.30. The number of hydrogen-bond acceptors (Lipinski definition) is 5. The molecule has 0 radical (unpaired) electrons. The van der Waals surface area contributed by atoms with Crippen molar-refractivity contribution >= 4 is 11.7 Å². The Morgan fingerprint density at radius 1 is 1.26 bits per heavy atom. The number of H-pyrrole nitrogens is 1. The molecule has 2 aromatic rings. The second-order valence-corrected chi connectivity index (χ2v) is 5.08. The van der Waals surface area contributed by atoms with Crippen LogP contribution >= 0.6 is 0 Å². The number of methoxy groups -OCH3 is 1. The van der Waals surface area contributed by atoms with Gasteiger partial charge in [0.05, 0.1) is 25.9 Å². The second kappa shape index (κ2) is 6.62. The predicted octanol–water partition coefficient (Wildman–Crippen LogP) is 1.12. The van der Waals surface area contributed by atoms with Crippen LogP contribution in [0.3, 0.4) is 0 Å². The maximum absolute atomic E-state index is 12.7. The molecule has 0 spiro atoms. The molecular formula is C16H17N3O4. The molecule has 1 aromatic carbocycles.